The van der Waals surface area contributed by atoms with Crippen molar-refractivity contribution in [2.24, 2.45) is 0 Å². The molecule has 0 aliphatic heterocycles. The van der Waals surface area contributed by atoms with Gasteiger partial charge in [-0.2, -0.15) is 0 Å². The van der Waals surface area contributed by atoms with E-state index in [9.17, 15) is 9.00 Å². The monoisotopic (exact) mass is 402 g/mol. The Kier molecular flexibility index (Phi) is 7.31. The first-order chi connectivity index (χ1) is 14.1. The maximum atomic E-state index is 12.9. The lowest BCUT2D eigenvalue weighted by Crippen LogP contribution is -2.05. The SMILES string of the molecule is CC(=O)/C(=C/c1ccccc1OC/C=C/c1ccccc1)S(=O)c1ccccc1. The molecule has 1 atom stereocenters. The molecule has 0 heterocycles. The van der Waals surface area contributed by atoms with Crippen LogP contribution in [0.2, 0.25) is 0 Å². The number of para-hydroxylation sites is 1. The molecule has 0 aromatic heterocycles. The summed E-state index contributed by atoms with van der Waals surface area (Å²) in [5.41, 5.74) is 1.82. The second-order valence-electron chi connectivity index (χ2n) is 6.31. The minimum absolute atomic E-state index is 0.231. The van der Waals surface area contributed by atoms with Crippen molar-refractivity contribution in [2.75, 3.05) is 6.61 Å². The van der Waals surface area contributed by atoms with Crippen molar-refractivity contribution in [1.82, 2.24) is 0 Å². The second-order valence-corrected chi connectivity index (χ2v) is 7.76. The number of ether oxygens (including phenoxy) is 1. The fraction of sp³-hybridized carbons (Fsp3) is 0.0800. The van der Waals surface area contributed by atoms with Crippen molar-refractivity contribution in [3.8, 4) is 5.75 Å². The van der Waals surface area contributed by atoms with E-state index in [1.807, 2.05) is 72.8 Å². The highest BCUT2D eigenvalue weighted by atomic mass is 32.2. The average molecular weight is 403 g/mol. The van der Waals surface area contributed by atoms with Crippen LogP contribution in [-0.4, -0.2) is 16.6 Å². The molecule has 3 nitrogen and oxygen atoms in total. The summed E-state index contributed by atoms with van der Waals surface area (Å²) in [4.78, 5) is 13.0. The van der Waals surface area contributed by atoms with Gasteiger partial charge in [0.15, 0.2) is 5.78 Å². The number of Topliss-reactive ketones (excluding diaryl/α,β-unsaturated/α-hetero) is 1. The normalized spacial score (nSPS) is 12.7. The molecule has 3 rings (SSSR count). The van der Waals surface area contributed by atoms with E-state index in [0.717, 1.165) is 11.1 Å². The molecule has 1 unspecified atom stereocenters. The van der Waals surface area contributed by atoms with Crippen molar-refractivity contribution in [1.29, 1.82) is 0 Å². The molecule has 0 saturated heterocycles. The molecule has 3 aromatic rings. The van der Waals surface area contributed by atoms with Gasteiger partial charge in [-0.05, 0) is 42.8 Å². The lowest BCUT2D eigenvalue weighted by molar-refractivity contribution is -0.112. The standard InChI is InChI=1S/C25H22O3S/c1-20(26)25(29(27)23-15-6-3-7-16-23)19-22-14-8-9-17-24(22)28-18-10-13-21-11-4-2-5-12-21/h2-17,19H,18H2,1H3/b13-10+,25-19-. The van der Waals surface area contributed by atoms with E-state index in [1.165, 1.54) is 6.92 Å². The van der Waals surface area contributed by atoms with Crippen molar-refractivity contribution in [2.45, 2.75) is 11.8 Å². The number of hydrogen-bond acceptors (Lipinski definition) is 3. The van der Waals surface area contributed by atoms with Gasteiger partial charge in [0.1, 0.15) is 12.4 Å². The van der Waals surface area contributed by atoms with Crippen LogP contribution in [0.5, 0.6) is 5.75 Å². The minimum Gasteiger partial charge on any atom is -0.489 e. The van der Waals surface area contributed by atoms with Gasteiger partial charge in [0.05, 0.1) is 15.7 Å². The van der Waals surface area contributed by atoms with Gasteiger partial charge >= 0.3 is 0 Å². The van der Waals surface area contributed by atoms with E-state index < -0.39 is 10.8 Å². The molecule has 0 amide bonds. The Morgan fingerprint density at radius 3 is 2.21 bits per heavy atom. The molecular weight excluding hydrogens is 380 g/mol. The molecule has 146 valence electrons. The molecule has 0 fully saturated rings. The summed E-state index contributed by atoms with van der Waals surface area (Å²) in [5.74, 6) is 0.403. The van der Waals surface area contributed by atoms with Crippen LogP contribution in [-0.2, 0) is 15.6 Å². The number of carbonyl (C=O) groups is 1. The smallest absolute Gasteiger partial charge is 0.169 e. The molecule has 29 heavy (non-hydrogen) atoms. The summed E-state index contributed by atoms with van der Waals surface area (Å²) in [6, 6.07) is 26.4. The maximum Gasteiger partial charge on any atom is 0.169 e. The minimum atomic E-state index is -1.55. The van der Waals surface area contributed by atoms with Gasteiger partial charge in [0.25, 0.3) is 0 Å². The summed E-state index contributed by atoms with van der Waals surface area (Å²) >= 11 is 0. The van der Waals surface area contributed by atoms with Crippen LogP contribution in [0.3, 0.4) is 0 Å². The molecule has 3 aromatic carbocycles. The third-order valence-electron chi connectivity index (χ3n) is 4.15. The Bertz CT molecular complexity index is 1040. The zero-order chi connectivity index (χ0) is 20.5. The van der Waals surface area contributed by atoms with Crippen LogP contribution < -0.4 is 4.74 Å². The average Bonchev–Trinajstić information content (AvgIpc) is 2.76. The Morgan fingerprint density at radius 2 is 1.52 bits per heavy atom. The largest absolute Gasteiger partial charge is 0.489 e. The molecule has 0 spiro atoms. The maximum absolute atomic E-state index is 12.9. The van der Waals surface area contributed by atoms with Crippen LogP contribution >= 0.6 is 0 Å². The van der Waals surface area contributed by atoms with E-state index in [0.29, 0.717) is 17.3 Å². The van der Waals surface area contributed by atoms with E-state index in [4.69, 9.17) is 4.74 Å². The second kappa shape index (κ2) is 10.3. The molecule has 0 N–H and O–H groups in total. The van der Waals surface area contributed by atoms with Gasteiger partial charge < -0.3 is 4.74 Å². The lowest BCUT2D eigenvalue weighted by Gasteiger charge is -2.09. The van der Waals surface area contributed by atoms with E-state index >= 15 is 0 Å². The zero-order valence-corrected chi connectivity index (χ0v) is 17.0. The van der Waals surface area contributed by atoms with Crippen LogP contribution in [0.1, 0.15) is 18.1 Å². The molecule has 0 bridgehead atoms. The molecule has 0 aliphatic rings. The summed E-state index contributed by atoms with van der Waals surface area (Å²) in [5, 5.41) is 0. The predicted octanol–water partition coefficient (Wildman–Crippen LogP) is 5.52. The molecule has 0 radical (unpaired) electrons. The third kappa shape index (κ3) is 5.87. The topological polar surface area (TPSA) is 43.4 Å². The molecule has 0 saturated carbocycles. The van der Waals surface area contributed by atoms with Gasteiger partial charge in [-0.25, -0.2) is 4.21 Å². The number of allylic oxidation sites excluding steroid dienone is 1. The first-order valence-corrected chi connectivity index (χ1v) is 10.4. The summed E-state index contributed by atoms with van der Waals surface area (Å²) in [6.07, 6.45) is 5.58. The first kappa shape index (κ1) is 20.5. The highest BCUT2D eigenvalue weighted by Gasteiger charge is 2.16. The van der Waals surface area contributed by atoms with Gasteiger partial charge in [-0.1, -0.05) is 72.8 Å². The number of ketones is 1. The summed E-state index contributed by atoms with van der Waals surface area (Å²) in [6.45, 7) is 1.82. The van der Waals surface area contributed by atoms with Crippen LogP contribution in [0.15, 0.2) is 101 Å². The van der Waals surface area contributed by atoms with Gasteiger partial charge in [0.2, 0.25) is 0 Å². The van der Waals surface area contributed by atoms with Gasteiger partial charge in [0, 0.05) is 10.5 Å². The van der Waals surface area contributed by atoms with Crippen LogP contribution in [0, 0.1) is 0 Å². The van der Waals surface area contributed by atoms with E-state index in [-0.39, 0.29) is 10.7 Å². The fourth-order valence-corrected chi connectivity index (χ4v) is 3.87. The number of benzene rings is 3. The first-order valence-electron chi connectivity index (χ1n) is 9.28. The summed E-state index contributed by atoms with van der Waals surface area (Å²) in [7, 11) is -1.55. The Balaban J connectivity index is 1.80. The van der Waals surface area contributed by atoms with Crippen molar-refractivity contribution in [3.05, 3.63) is 107 Å². The number of carbonyl (C=O) groups excluding carboxylic acids is 1. The van der Waals surface area contributed by atoms with Crippen LogP contribution in [0.25, 0.3) is 12.2 Å². The van der Waals surface area contributed by atoms with E-state index in [1.54, 1.807) is 30.3 Å². The Morgan fingerprint density at radius 1 is 0.897 bits per heavy atom. The lowest BCUT2D eigenvalue weighted by atomic mass is 10.1. The number of hydrogen-bond donors (Lipinski definition) is 0. The Hall–Kier alpha value is -3.24. The van der Waals surface area contributed by atoms with Gasteiger partial charge in [-0.15, -0.1) is 0 Å². The molecular formula is C25H22O3S. The Labute approximate surface area is 173 Å². The molecule has 4 heteroatoms. The van der Waals surface area contributed by atoms with Crippen molar-refractivity contribution < 1.29 is 13.7 Å². The quantitative estimate of drug-likeness (QED) is 0.466. The third-order valence-corrected chi connectivity index (χ3v) is 5.66. The summed E-state index contributed by atoms with van der Waals surface area (Å²) < 4.78 is 18.8. The van der Waals surface area contributed by atoms with Crippen LogP contribution in [0.4, 0.5) is 0 Å². The molecule has 0 aliphatic carbocycles. The van der Waals surface area contributed by atoms with E-state index in [2.05, 4.69) is 0 Å². The highest BCUT2D eigenvalue weighted by Crippen LogP contribution is 2.24. The number of rotatable bonds is 8. The van der Waals surface area contributed by atoms with Crippen molar-refractivity contribution in [3.63, 3.8) is 0 Å². The van der Waals surface area contributed by atoms with Gasteiger partial charge in [-0.3, -0.25) is 4.79 Å². The highest BCUT2D eigenvalue weighted by molar-refractivity contribution is 7.90. The van der Waals surface area contributed by atoms with Crippen molar-refractivity contribution >= 4 is 28.7 Å². The zero-order valence-electron chi connectivity index (χ0n) is 16.2. The fourth-order valence-electron chi connectivity index (χ4n) is 2.72. The predicted molar refractivity (Wildman–Crippen MR) is 119 cm³/mol.